The topological polar surface area (TPSA) is 59.4 Å². The van der Waals surface area contributed by atoms with Crippen molar-refractivity contribution < 1.29 is 4.79 Å². The van der Waals surface area contributed by atoms with Gasteiger partial charge in [-0.15, -0.1) is 0 Å². The fourth-order valence-electron chi connectivity index (χ4n) is 4.33. The highest BCUT2D eigenvalue weighted by Crippen LogP contribution is 2.35. The van der Waals surface area contributed by atoms with Gasteiger partial charge in [-0.1, -0.05) is 12.8 Å². The zero-order chi connectivity index (χ0) is 15.0. The van der Waals surface area contributed by atoms with Crippen molar-refractivity contribution in [3.8, 4) is 0 Å². The van der Waals surface area contributed by atoms with Crippen LogP contribution in [0.2, 0.25) is 0 Å². The maximum absolute atomic E-state index is 12.1. The molecule has 2 saturated heterocycles. The molecule has 2 atom stereocenters. The van der Waals surface area contributed by atoms with Crippen molar-refractivity contribution in [3.63, 3.8) is 0 Å². The maximum atomic E-state index is 12.1. The smallest absolute Gasteiger partial charge is 0.231 e. The van der Waals surface area contributed by atoms with E-state index in [9.17, 15) is 4.79 Å². The summed E-state index contributed by atoms with van der Waals surface area (Å²) in [6.07, 6.45) is 8.31. The standard InChI is InChI=1S/C16H28N4O/c1-16(10-14(21)19(2)15(17)18-16)12-6-5-9-20(11-12)13-7-3-4-8-13/h12-13H,3-11H2,1-2H3,(H2,17,18)/t12?,16-/m0/s1. The first-order valence-electron chi connectivity index (χ1n) is 8.37. The van der Waals surface area contributed by atoms with E-state index in [0.717, 1.165) is 19.0 Å². The third kappa shape index (κ3) is 2.80. The summed E-state index contributed by atoms with van der Waals surface area (Å²) >= 11 is 0. The van der Waals surface area contributed by atoms with E-state index < -0.39 is 0 Å². The molecule has 2 aliphatic heterocycles. The van der Waals surface area contributed by atoms with Crippen LogP contribution in [0.25, 0.3) is 0 Å². The van der Waals surface area contributed by atoms with Gasteiger partial charge in [-0.25, -0.2) is 0 Å². The number of rotatable bonds is 2. The molecule has 2 heterocycles. The number of nitrogens with zero attached hydrogens (tertiary/aromatic N) is 2. The lowest BCUT2D eigenvalue weighted by molar-refractivity contribution is -0.130. The normalized spacial score (nSPS) is 36.1. The molecule has 3 rings (SSSR count). The molecule has 0 aromatic heterocycles. The Morgan fingerprint density at radius 2 is 1.95 bits per heavy atom. The molecule has 1 unspecified atom stereocenters. The fraction of sp³-hybridized carbons (Fsp3) is 0.875. The van der Waals surface area contributed by atoms with E-state index in [0.29, 0.717) is 12.3 Å². The fourth-order valence-corrected chi connectivity index (χ4v) is 4.33. The van der Waals surface area contributed by atoms with Gasteiger partial charge < -0.3 is 10.2 Å². The van der Waals surface area contributed by atoms with E-state index >= 15 is 0 Å². The first kappa shape index (κ1) is 14.8. The van der Waals surface area contributed by atoms with Gasteiger partial charge in [0, 0.05) is 19.6 Å². The second-order valence-electron chi connectivity index (χ2n) is 7.29. The second kappa shape index (κ2) is 5.59. The van der Waals surface area contributed by atoms with Crippen molar-refractivity contribution in [1.82, 2.24) is 15.1 Å². The number of carbonyl (C=O) groups is 1. The molecule has 118 valence electrons. The SMILES string of the molecule is CN1C(=N)N[C@](C)(C2CCCN(C3CCCC3)C2)CC1=O. The molecule has 0 aromatic rings. The van der Waals surface area contributed by atoms with Crippen molar-refractivity contribution >= 4 is 11.9 Å². The number of carbonyl (C=O) groups excluding carboxylic acids is 1. The van der Waals surface area contributed by atoms with Crippen LogP contribution in [0.5, 0.6) is 0 Å². The van der Waals surface area contributed by atoms with Crippen molar-refractivity contribution in [3.05, 3.63) is 0 Å². The molecular formula is C16H28N4O. The molecule has 2 N–H and O–H groups in total. The molecule has 0 radical (unpaired) electrons. The van der Waals surface area contributed by atoms with Crippen LogP contribution in [0.4, 0.5) is 0 Å². The summed E-state index contributed by atoms with van der Waals surface area (Å²) in [5.41, 5.74) is -0.252. The first-order valence-corrected chi connectivity index (χ1v) is 8.37. The van der Waals surface area contributed by atoms with Gasteiger partial charge in [0.25, 0.3) is 0 Å². The summed E-state index contributed by atoms with van der Waals surface area (Å²) in [7, 11) is 1.68. The number of likely N-dealkylation sites (tertiary alicyclic amines) is 1. The van der Waals surface area contributed by atoms with Crippen LogP contribution in [-0.4, -0.2) is 53.4 Å². The third-order valence-electron chi connectivity index (χ3n) is 5.83. The molecule has 0 spiro atoms. The number of amides is 1. The summed E-state index contributed by atoms with van der Waals surface area (Å²) in [5, 5.41) is 11.3. The van der Waals surface area contributed by atoms with Crippen LogP contribution < -0.4 is 5.32 Å². The Kier molecular flexibility index (Phi) is 3.95. The average molecular weight is 292 g/mol. The molecule has 0 bridgehead atoms. The van der Waals surface area contributed by atoms with Crippen LogP contribution in [0, 0.1) is 11.3 Å². The predicted molar refractivity (Wildman–Crippen MR) is 83.2 cm³/mol. The van der Waals surface area contributed by atoms with Crippen LogP contribution in [-0.2, 0) is 4.79 Å². The van der Waals surface area contributed by atoms with Gasteiger partial charge >= 0.3 is 0 Å². The molecule has 1 amide bonds. The molecule has 5 heteroatoms. The quantitative estimate of drug-likeness (QED) is 0.816. The van der Waals surface area contributed by atoms with Crippen molar-refractivity contribution in [1.29, 1.82) is 5.41 Å². The molecule has 1 aliphatic carbocycles. The van der Waals surface area contributed by atoms with Crippen molar-refractivity contribution in [2.24, 2.45) is 5.92 Å². The zero-order valence-corrected chi connectivity index (χ0v) is 13.3. The van der Waals surface area contributed by atoms with E-state index in [1.54, 1.807) is 7.05 Å². The monoisotopic (exact) mass is 292 g/mol. The Bertz CT molecular complexity index is 412. The van der Waals surface area contributed by atoms with Crippen molar-refractivity contribution in [2.45, 2.75) is 63.5 Å². The Morgan fingerprint density at radius 1 is 1.24 bits per heavy atom. The Labute approximate surface area is 127 Å². The van der Waals surface area contributed by atoms with Crippen LogP contribution in [0.3, 0.4) is 0 Å². The largest absolute Gasteiger partial charge is 0.350 e. The molecule has 5 nitrogen and oxygen atoms in total. The van der Waals surface area contributed by atoms with Gasteiger partial charge in [-0.05, 0) is 45.1 Å². The van der Waals surface area contributed by atoms with Gasteiger partial charge in [0.05, 0.1) is 12.0 Å². The predicted octanol–water partition coefficient (Wildman–Crippen LogP) is 1.79. The van der Waals surface area contributed by atoms with E-state index in [1.807, 2.05) is 0 Å². The summed E-state index contributed by atoms with van der Waals surface area (Å²) < 4.78 is 0. The first-order chi connectivity index (χ1) is 9.99. The second-order valence-corrected chi connectivity index (χ2v) is 7.29. The van der Waals surface area contributed by atoms with Crippen LogP contribution >= 0.6 is 0 Å². The minimum Gasteiger partial charge on any atom is -0.350 e. The molecule has 21 heavy (non-hydrogen) atoms. The Balaban J connectivity index is 1.70. The minimum absolute atomic E-state index is 0.0687. The summed E-state index contributed by atoms with van der Waals surface area (Å²) in [6.45, 7) is 4.43. The number of piperidine rings is 1. The Morgan fingerprint density at radius 3 is 2.62 bits per heavy atom. The number of nitrogens with one attached hydrogen (secondary N) is 2. The van der Waals surface area contributed by atoms with Gasteiger partial charge in [0.15, 0.2) is 5.96 Å². The van der Waals surface area contributed by atoms with E-state index in [4.69, 9.17) is 5.41 Å². The molecule has 0 aromatic carbocycles. The minimum atomic E-state index is -0.252. The zero-order valence-electron chi connectivity index (χ0n) is 13.3. The molecular weight excluding hydrogens is 264 g/mol. The molecule has 3 aliphatic rings. The van der Waals surface area contributed by atoms with Crippen LogP contribution in [0.1, 0.15) is 51.9 Å². The van der Waals surface area contributed by atoms with E-state index in [1.165, 1.54) is 43.5 Å². The molecule has 1 saturated carbocycles. The summed E-state index contributed by atoms with van der Waals surface area (Å²) in [4.78, 5) is 16.2. The number of guanidine groups is 1. The average Bonchev–Trinajstić information content (AvgIpc) is 2.99. The lowest BCUT2D eigenvalue weighted by atomic mass is 9.76. The van der Waals surface area contributed by atoms with E-state index in [-0.39, 0.29) is 17.4 Å². The number of hydrogen-bond donors (Lipinski definition) is 2. The summed E-state index contributed by atoms with van der Waals surface area (Å²) in [5.74, 6) is 0.788. The van der Waals surface area contributed by atoms with E-state index in [2.05, 4.69) is 17.1 Å². The Hall–Kier alpha value is -1.10. The highest BCUT2D eigenvalue weighted by molar-refractivity contribution is 5.98. The maximum Gasteiger partial charge on any atom is 0.231 e. The molecule has 3 fully saturated rings. The third-order valence-corrected chi connectivity index (χ3v) is 5.83. The highest BCUT2D eigenvalue weighted by atomic mass is 16.2. The van der Waals surface area contributed by atoms with Gasteiger partial charge in [-0.3, -0.25) is 15.1 Å². The highest BCUT2D eigenvalue weighted by Gasteiger charge is 2.44. The number of hydrogen-bond acceptors (Lipinski definition) is 3. The lowest BCUT2D eigenvalue weighted by Gasteiger charge is -2.48. The van der Waals surface area contributed by atoms with Crippen LogP contribution in [0.15, 0.2) is 0 Å². The van der Waals surface area contributed by atoms with Gasteiger partial charge in [0.2, 0.25) is 5.91 Å². The lowest BCUT2D eigenvalue weighted by Crippen LogP contribution is -2.65. The van der Waals surface area contributed by atoms with Gasteiger partial charge in [-0.2, -0.15) is 0 Å². The van der Waals surface area contributed by atoms with Gasteiger partial charge in [0.1, 0.15) is 0 Å². The van der Waals surface area contributed by atoms with Crippen molar-refractivity contribution in [2.75, 3.05) is 20.1 Å². The summed E-state index contributed by atoms with van der Waals surface area (Å²) in [6, 6.07) is 0.762.